The van der Waals surface area contributed by atoms with Crippen LogP contribution in [0.1, 0.15) is 11.1 Å². The fourth-order valence-corrected chi connectivity index (χ4v) is 8.62. The standard InChI is InChI=1S/C54H32N6/c55-33-35-22-25-52-45(28-35)42-18-7-9-20-49(42)59(52)41-17-11-16-39(30-41)44-31-40(48-32-47(37-12-3-1-4-13-37)57-54(58-48)38-14-5-2-6-15-38)24-27-51(44)60-50-21-10-8-19-43(50)46-29-36(34-56)23-26-53(46)60/h1-32H. The molecule has 0 spiro atoms. The maximum atomic E-state index is 9.89. The molecule has 60 heavy (non-hydrogen) atoms. The Hall–Kier alpha value is -8.58. The predicted molar refractivity (Wildman–Crippen MR) is 242 cm³/mol. The number of fused-ring (bicyclic) bond motifs is 6. The van der Waals surface area contributed by atoms with Crippen molar-refractivity contribution in [3.63, 3.8) is 0 Å². The van der Waals surface area contributed by atoms with Crippen LogP contribution in [0, 0.1) is 22.7 Å². The second kappa shape index (κ2) is 14.1. The van der Waals surface area contributed by atoms with Crippen molar-refractivity contribution in [3.05, 3.63) is 205 Å². The molecule has 11 aromatic rings. The molecule has 6 nitrogen and oxygen atoms in total. The number of rotatable bonds is 6. The third kappa shape index (κ3) is 5.71. The van der Waals surface area contributed by atoms with E-state index < -0.39 is 0 Å². The van der Waals surface area contributed by atoms with Crippen molar-refractivity contribution in [2.24, 2.45) is 0 Å². The van der Waals surface area contributed by atoms with Gasteiger partial charge in [-0.1, -0.05) is 115 Å². The van der Waals surface area contributed by atoms with Gasteiger partial charge in [0, 0.05) is 49.5 Å². The number of hydrogen-bond acceptors (Lipinski definition) is 4. The van der Waals surface area contributed by atoms with Gasteiger partial charge in [-0.2, -0.15) is 10.5 Å². The van der Waals surface area contributed by atoms with Gasteiger partial charge >= 0.3 is 0 Å². The van der Waals surface area contributed by atoms with E-state index in [4.69, 9.17) is 9.97 Å². The highest BCUT2D eigenvalue weighted by atomic mass is 15.0. The van der Waals surface area contributed by atoms with Crippen molar-refractivity contribution in [1.82, 2.24) is 19.1 Å². The monoisotopic (exact) mass is 764 g/mol. The summed E-state index contributed by atoms with van der Waals surface area (Å²) in [5.74, 6) is 0.654. The molecule has 0 aliphatic rings. The van der Waals surface area contributed by atoms with Crippen LogP contribution in [0.3, 0.4) is 0 Å². The number of benzene rings is 8. The Morgan fingerprint density at radius 3 is 1.55 bits per heavy atom. The molecule has 0 saturated heterocycles. The summed E-state index contributed by atoms with van der Waals surface area (Å²) in [6.45, 7) is 0. The van der Waals surface area contributed by atoms with Crippen LogP contribution in [0.2, 0.25) is 0 Å². The van der Waals surface area contributed by atoms with Gasteiger partial charge in [0.1, 0.15) is 0 Å². The van der Waals surface area contributed by atoms with Gasteiger partial charge in [0.15, 0.2) is 5.82 Å². The molecule has 0 unspecified atom stereocenters. The number of nitriles is 2. The molecule has 0 aliphatic heterocycles. The zero-order chi connectivity index (χ0) is 40.2. The zero-order valence-corrected chi connectivity index (χ0v) is 32.2. The largest absolute Gasteiger partial charge is 0.309 e. The average molecular weight is 765 g/mol. The van der Waals surface area contributed by atoms with Crippen LogP contribution in [-0.4, -0.2) is 19.1 Å². The van der Waals surface area contributed by atoms with E-state index in [9.17, 15) is 10.5 Å². The summed E-state index contributed by atoms with van der Waals surface area (Å²) in [7, 11) is 0. The van der Waals surface area contributed by atoms with Crippen LogP contribution in [0.25, 0.3) is 100 Å². The molecular formula is C54H32N6. The van der Waals surface area contributed by atoms with E-state index in [1.54, 1.807) is 0 Å². The maximum absolute atomic E-state index is 9.89. The Labute approximate surface area is 345 Å². The van der Waals surface area contributed by atoms with Gasteiger partial charge in [-0.05, 0) is 84.4 Å². The van der Waals surface area contributed by atoms with Crippen molar-refractivity contribution in [2.45, 2.75) is 0 Å². The highest BCUT2D eigenvalue weighted by Crippen LogP contribution is 2.40. The number of nitrogens with zero attached hydrogens (tertiary/aromatic N) is 6. The minimum absolute atomic E-state index is 0.619. The average Bonchev–Trinajstić information content (AvgIpc) is 3.84. The predicted octanol–water partition coefficient (Wildman–Crippen LogP) is 13.1. The van der Waals surface area contributed by atoms with Crippen molar-refractivity contribution in [3.8, 4) is 68.5 Å². The highest BCUT2D eigenvalue weighted by Gasteiger charge is 2.20. The molecule has 278 valence electrons. The van der Waals surface area contributed by atoms with Crippen LogP contribution >= 0.6 is 0 Å². The molecule has 0 fully saturated rings. The van der Waals surface area contributed by atoms with Crippen LogP contribution < -0.4 is 0 Å². The first-order valence-corrected chi connectivity index (χ1v) is 19.8. The van der Waals surface area contributed by atoms with Crippen molar-refractivity contribution in [2.75, 3.05) is 0 Å². The highest BCUT2D eigenvalue weighted by molar-refractivity contribution is 6.11. The lowest BCUT2D eigenvalue weighted by Gasteiger charge is -2.18. The van der Waals surface area contributed by atoms with Gasteiger partial charge < -0.3 is 9.13 Å². The fraction of sp³-hybridized carbons (Fsp3) is 0. The molecule has 0 N–H and O–H groups in total. The molecule has 6 heteroatoms. The van der Waals surface area contributed by atoms with Crippen LogP contribution in [0.15, 0.2) is 194 Å². The number of hydrogen-bond donors (Lipinski definition) is 0. The molecule has 0 atom stereocenters. The van der Waals surface area contributed by atoms with Crippen molar-refractivity contribution in [1.29, 1.82) is 10.5 Å². The number of para-hydroxylation sites is 2. The first kappa shape index (κ1) is 34.7. The Bertz CT molecular complexity index is 3510. The second-order valence-corrected chi connectivity index (χ2v) is 14.9. The Morgan fingerprint density at radius 1 is 0.367 bits per heavy atom. The van der Waals surface area contributed by atoms with Gasteiger partial charge in [-0.3, -0.25) is 0 Å². The molecule has 0 amide bonds. The molecule has 11 rings (SSSR count). The number of aromatic nitrogens is 4. The lowest BCUT2D eigenvalue weighted by molar-refractivity contribution is 1.16. The molecule has 0 radical (unpaired) electrons. The molecule has 0 bridgehead atoms. The summed E-state index contributed by atoms with van der Waals surface area (Å²) < 4.78 is 4.59. The topological polar surface area (TPSA) is 83.2 Å². The van der Waals surface area contributed by atoms with Crippen molar-refractivity contribution >= 4 is 43.6 Å². The fourth-order valence-electron chi connectivity index (χ4n) is 8.62. The molecule has 3 aromatic heterocycles. The summed E-state index contributed by atoms with van der Waals surface area (Å²) in [6, 6.07) is 71.0. The third-order valence-corrected chi connectivity index (χ3v) is 11.4. The zero-order valence-electron chi connectivity index (χ0n) is 32.2. The third-order valence-electron chi connectivity index (χ3n) is 11.4. The normalized spacial score (nSPS) is 11.3. The Morgan fingerprint density at radius 2 is 0.900 bits per heavy atom. The van der Waals surface area contributed by atoms with Crippen LogP contribution in [0.5, 0.6) is 0 Å². The SMILES string of the molecule is N#Cc1ccc2c(c1)c1ccccc1n2-c1cccc(-c2cc(-c3cc(-c4ccccc4)nc(-c4ccccc4)n3)ccc2-n2c3ccccc3c3cc(C#N)ccc32)c1. The lowest BCUT2D eigenvalue weighted by atomic mass is 9.97. The van der Waals surface area contributed by atoms with E-state index in [0.29, 0.717) is 17.0 Å². The summed E-state index contributed by atoms with van der Waals surface area (Å²) in [6.07, 6.45) is 0. The molecule has 8 aromatic carbocycles. The quantitative estimate of drug-likeness (QED) is 0.169. The first-order valence-electron chi connectivity index (χ1n) is 19.8. The van der Waals surface area contributed by atoms with Crippen LogP contribution in [0.4, 0.5) is 0 Å². The first-order chi connectivity index (χ1) is 29.6. The van der Waals surface area contributed by atoms with E-state index in [-0.39, 0.29) is 0 Å². The van der Waals surface area contributed by atoms with Gasteiger partial charge in [-0.15, -0.1) is 0 Å². The summed E-state index contributed by atoms with van der Waals surface area (Å²) in [5.41, 5.74) is 14.0. The lowest BCUT2D eigenvalue weighted by Crippen LogP contribution is -2.00. The van der Waals surface area contributed by atoms with E-state index in [2.05, 4.69) is 124 Å². The minimum Gasteiger partial charge on any atom is -0.309 e. The molecule has 0 aliphatic carbocycles. The van der Waals surface area contributed by atoms with Crippen LogP contribution in [-0.2, 0) is 0 Å². The van der Waals surface area contributed by atoms with Gasteiger partial charge in [0.2, 0.25) is 0 Å². The Kier molecular flexibility index (Phi) is 8.15. The maximum Gasteiger partial charge on any atom is 0.160 e. The van der Waals surface area contributed by atoms with Gasteiger partial charge in [0.25, 0.3) is 0 Å². The molecule has 3 heterocycles. The smallest absolute Gasteiger partial charge is 0.160 e. The van der Waals surface area contributed by atoms with E-state index >= 15 is 0 Å². The van der Waals surface area contributed by atoms with Gasteiger partial charge in [0.05, 0.1) is 62.4 Å². The van der Waals surface area contributed by atoms with Crippen molar-refractivity contribution < 1.29 is 0 Å². The second-order valence-electron chi connectivity index (χ2n) is 14.9. The van der Waals surface area contributed by atoms with Gasteiger partial charge in [-0.25, -0.2) is 9.97 Å². The molecule has 0 saturated carbocycles. The van der Waals surface area contributed by atoms with E-state index in [1.807, 2.05) is 91.0 Å². The minimum atomic E-state index is 0.619. The summed E-state index contributed by atoms with van der Waals surface area (Å²) >= 11 is 0. The van der Waals surface area contributed by atoms with E-state index in [0.717, 1.165) is 94.2 Å². The summed E-state index contributed by atoms with van der Waals surface area (Å²) in [5, 5.41) is 23.9. The van der Waals surface area contributed by atoms with E-state index in [1.165, 1.54) is 0 Å². The summed E-state index contributed by atoms with van der Waals surface area (Å²) in [4.78, 5) is 10.3. The molecular weight excluding hydrogens is 733 g/mol. The Balaban J connectivity index is 1.18.